The molecule has 0 spiro atoms. The first kappa shape index (κ1) is 14.6. The maximum atomic E-state index is 12.9. The van der Waals surface area contributed by atoms with E-state index in [0.717, 1.165) is 43.2 Å². The van der Waals surface area contributed by atoms with Gasteiger partial charge < -0.3 is 10.2 Å². The highest BCUT2D eigenvalue weighted by atomic mass is 35.5. The Hall–Kier alpha value is -0.280. The van der Waals surface area contributed by atoms with Gasteiger partial charge in [0.25, 0.3) is 0 Å². The van der Waals surface area contributed by atoms with Gasteiger partial charge in [0.1, 0.15) is 0 Å². The summed E-state index contributed by atoms with van der Waals surface area (Å²) in [5.74, 6) is 4.22. The van der Waals surface area contributed by atoms with Crippen molar-refractivity contribution in [2.45, 2.75) is 44.6 Å². The molecule has 20 heavy (non-hydrogen) atoms. The lowest BCUT2D eigenvalue weighted by Gasteiger charge is -2.54. The van der Waals surface area contributed by atoms with Gasteiger partial charge in [-0.3, -0.25) is 4.79 Å². The number of amides is 1. The molecule has 5 rings (SSSR count). The number of halogens is 1. The standard InChI is InChI=1S/C16H26N2O.ClH/c1-18(14-2-3-17-9-14)16(19)15-12-5-10-4-11(7-12)8-13(15)6-10;/h10-15,17H,2-9H2,1H3;1H. The zero-order valence-electron chi connectivity index (χ0n) is 12.4. The minimum atomic E-state index is 0. The van der Waals surface area contributed by atoms with Crippen molar-refractivity contribution in [2.24, 2.45) is 29.6 Å². The van der Waals surface area contributed by atoms with Crippen LogP contribution in [0.4, 0.5) is 0 Å². The molecule has 1 aliphatic heterocycles. The summed E-state index contributed by atoms with van der Waals surface area (Å²) >= 11 is 0. The van der Waals surface area contributed by atoms with E-state index in [4.69, 9.17) is 0 Å². The van der Waals surface area contributed by atoms with Crippen LogP contribution in [0.3, 0.4) is 0 Å². The van der Waals surface area contributed by atoms with E-state index < -0.39 is 0 Å². The van der Waals surface area contributed by atoms with Crippen molar-refractivity contribution in [3.05, 3.63) is 0 Å². The van der Waals surface area contributed by atoms with Crippen LogP contribution in [-0.2, 0) is 4.79 Å². The minimum absolute atomic E-state index is 0. The first-order valence-electron chi connectivity index (χ1n) is 8.19. The van der Waals surface area contributed by atoms with Crippen LogP contribution in [0.25, 0.3) is 0 Å². The monoisotopic (exact) mass is 298 g/mol. The molecule has 1 atom stereocenters. The third-order valence-electron chi connectivity index (χ3n) is 6.44. The van der Waals surface area contributed by atoms with E-state index in [2.05, 4.69) is 10.2 Å². The number of hydrogen-bond acceptors (Lipinski definition) is 2. The number of nitrogens with one attached hydrogen (secondary N) is 1. The highest BCUT2D eigenvalue weighted by molar-refractivity contribution is 5.85. The Kier molecular flexibility index (Phi) is 4.02. The molecule has 1 saturated heterocycles. The molecule has 5 aliphatic rings. The SMILES string of the molecule is CN(C(=O)C1C2CC3CC(C2)CC1C3)C1CCNC1.Cl. The average molecular weight is 299 g/mol. The molecule has 4 aliphatic carbocycles. The normalized spacial score (nSPS) is 45.2. The third-order valence-corrected chi connectivity index (χ3v) is 6.44. The molecule has 4 saturated carbocycles. The summed E-state index contributed by atoms with van der Waals surface area (Å²) in [6.45, 7) is 2.07. The highest BCUT2D eigenvalue weighted by Crippen LogP contribution is 2.56. The van der Waals surface area contributed by atoms with Crippen LogP contribution in [0.15, 0.2) is 0 Å². The Bertz CT molecular complexity index is 353. The Morgan fingerprint density at radius 2 is 1.65 bits per heavy atom. The molecular formula is C16H27ClN2O. The third kappa shape index (κ3) is 2.27. The van der Waals surface area contributed by atoms with Crippen LogP contribution in [0, 0.1) is 29.6 Å². The largest absolute Gasteiger partial charge is 0.341 e. The zero-order chi connectivity index (χ0) is 13.0. The fourth-order valence-electron chi connectivity index (χ4n) is 5.71. The molecule has 1 amide bonds. The topological polar surface area (TPSA) is 32.3 Å². The fourth-order valence-corrected chi connectivity index (χ4v) is 5.71. The van der Waals surface area contributed by atoms with E-state index in [-0.39, 0.29) is 12.4 Å². The molecule has 4 heteroatoms. The molecule has 0 radical (unpaired) electrons. The average Bonchev–Trinajstić information content (AvgIpc) is 2.90. The number of likely N-dealkylation sites (N-methyl/N-ethyl adjacent to an activating group) is 1. The van der Waals surface area contributed by atoms with Crippen LogP contribution in [-0.4, -0.2) is 37.0 Å². The lowest BCUT2D eigenvalue weighted by Crippen LogP contribution is -2.53. The molecule has 114 valence electrons. The first-order chi connectivity index (χ1) is 9.22. The van der Waals surface area contributed by atoms with Crippen LogP contribution in [0.2, 0.25) is 0 Å². The molecule has 3 nitrogen and oxygen atoms in total. The second-order valence-corrected chi connectivity index (χ2v) is 7.55. The number of rotatable bonds is 2. The molecule has 1 N–H and O–H groups in total. The molecule has 1 heterocycles. The summed E-state index contributed by atoms with van der Waals surface area (Å²) in [5, 5.41) is 3.38. The van der Waals surface area contributed by atoms with Gasteiger partial charge in [-0.15, -0.1) is 12.4 Å². The number of carbonyl (C=O) groups is 1. The van der Waals surface area contributed by atoms with E-state index in [1.165, 1.54) is 32.1 Å². The summed E-state index contributed by atoms with van der Waals surface area (Å²) in [4.78, 5) is 15.0. The fraction of sp³-hybridized carbons (Fsp3) is 0.938. The summed E-state index contributed by atoms with van der Waals surface area (Å²) in [6, 6.07) is 0.449. The van der Waals surface area contributed by atoms with E-state index in [1.807, 2.05) is 7.05 Å². The predicted molar refractivity (Wildman–Crippen MR) is 81.8 cm³/mol. The van der Waals surface area contributed by atoms with Gasteiger partial charge in [-0.1, -0.05) is 0 Å². The van der Waals surface area contributed by atoms with E-state index in [9.17, 15) is 4.79 Å². The van der Waals surface area contributed by atoms with E-state index >= 15 is 0 Å². The number of nitrogens with zero attached hydrogens (tertiary/aromatic N) is 1. The van der Waals surface area contributed by atoms with Gasteiger partial charge in [0.05, 0.1) is 0 Å². The lowest BCUT2D eigenvalue weighted by atomic mass is 9.51. The van der Waals surface area contributed by atoms with Gasteiger partial charge in [-0.25, -0.2) is 0 Å². The summed E-state index contributed by atoms with van der Waals surface area (Å²) in [7, 11) is 2.05. The maximum Gasteiger partial charge on any atom is 0.226 e. The van der Waals surface area contributed by atoms with Crippen LogP contribution in [0.5, 0.6) is 0 Å². The number of carbonyl (C=O) groups excluding carboxylic acids is 1. The minimum Gasteiger partial charge on any atom is -0.341 e. The molecule has 5 fully saturated rings. The van der Waals surface area contributed by atoms with Gasteiger partial charge in [0, 0.05) is 25.6 Å². The highest BCUT2D eigenvalue weighted by Gasteiger charge is 2.51. The van der Waals surface area contributed by atoms with Gasteiger partial charge in [-0.2, -0.15) is 0 Å². The smallest absolute Gasteiger partial charge is 0.226 e. The summed E-state index contributed by atoms with van der Waals surface area (Å²) < 4.78 is 0. The van der Waals surface area contributed by atoms with Crippen LogP contribution in [0.1, 0.15) is 38.5 Å². The zero-order valence-corrected chi connectivity index (χ0v) is 13.2. The van der Waals surface area contributed by atoms with Crippen molar-refractivity contribution in [3.8, 4) is 0 Å². The predicted octanol–water partition coefficient (Wildman–Crippen LogP) is 2.30. The Morgan fingerprint density at radius 1 is 1.05 bits per heavy atom. The van der Waals surface area contributed by atoms with Crippen molar-refractivity contribution < 1.29 is 4.79 Å². The second kappa shape index (κ2) is 5.49. The van der Waals surface area contributed by atoms with Gasteiger partial charge in [0.2, 0.25) is 5.91 Å². The van der Waals surface area contributed by atoms with E-state index in [1.54, 1.807) is 0 Å². The van der Waals surface area contributed by atoms with E-state index in [0.29, 0.717) is 17.9 Å². The van der Waals surface area contributed by atoms with Gasteiger partial charge >= 0.3 is 0 Å². The Morgan fingerprint density at radius 3 is 2.15 bits per heavy atom. The molecule has 0 aromatic carbocycles. The summed E-state index contributed by atoms with van der Waals surface area (Å²) in [5.41, 5.74) is 0. The van der Waals surface area contributed by atoms with Gasteiger partial charge in [0.15, 0.2) is 0 Å². The number of hydrogen-bond donors (Lipinski definition) is 1. The van der Waals surface area contributed by atoms with Crippen molar-refractivity contribution in [2.75, 3.05) is 20.1 Å². The first-order valence-corrected chi connectivity index (χ1v) is 8.19. The quantitative estimate of drug-likeness (QED) is 0.848. The molecule has 4 bridgehead atoms. The molecular weight excluding hydrogens is 272 g/mol. The molecule has 0 aromatic heterocycles. The maximum absolute atomic E-state index is 12.9. The Labute approximate surface area is 128 Å². The second-order valence-electron chi connectivity index (χ2n) is 7.55. The van der Waals surface area contributed by atoms with Crippen molar-refractivity contribution in [1.82, 2.24) is 10.2 Å². The van der Waals surface area contributed by atoms with Crippen LogP contribution >= 0.6 is 12.4 Å². The van der Waals surface area contributed by atoms with Crippen LogP contribution < -0.4 is 5.32 Å². The molecule has 1 unspecified atom stereocenters. The van der Waals surface area contributed by atoms with Crippen molar-refractivity contribution in [1.29, 1.82) is 0 Å². The summed E-state index contributed by atoms with van der Waals surface area (Å²) in [6.07, 6.45) is 7.99. The Balaban J connectivity index is 0.00000121. The van der Waals surface area contributed by atoms with Gasteiger partial charge in [-0.05, 0) is 68.7 Å². The van der Waals surface area contributed by atoms with Crippen molar-refractivity contribution in [3.63, 3.8) is 0 Å². The molecule has 0 aromatic rings. The lowest BCUT2D eigenvalue weighted by molar-refractivity contribution is -0.149. The van der Waals surface area contributed by atoms with Crippen molar-refractivity contribution >= 4 is 18.3 Å².